The van der Waals surface area contributed by atoms with Crippen LogP contribution in [0.4, 0.5) is 5.82 Å². The first kappa shape index (κ1) is 15.3. The third kappa shape index (κ3) is 2.83. The summed E-state index contributed by atoms with van der Waals surface area (Å²) in [5.41, 5.74) is 4.51. The summed E-state index contributed by atoms with van der Waals surface area (Å²) in [4.78, 5) is 13.9. The maximum absolute atomic E-state index is 9.80. The summed E-state index contributed by atoms with van der Waals surface area (Å²) in [6.45, 7) is 0. The molecule has 124 valence electrons. The van der Waals surface area contributed by atoms with Gasteiger partial charge in [0.15, 0.2) is 17.3 Å². The number of pyridine rings is 1. The molecule has 0 bridgehead atoms. The maximum atomic E-state index is 9.80. The van der Waals surface area contributed by atoms with Gasteiger partial charge in [-0.15, -0.1) is 11.3 Å². The highest BCUT2D eigenvalue weighted by Gasteiger charge is 2.11. The number of phenols is 1. The Morgan fingerprint density at radius 3 is 3.00 bits per heavy atom. The number of anilines is 1. The van der Waals surface area contributed by atoms with Gasteiger partial charge in [0.1, 0.15) is 11.2 Å². The highest BCUT2D eigenvalue weighted by molar-refractivity contribution is 7.25. The molecule has 0 saturated carbocycles. The number of aromatic nitrogens is 3. The van der Waals surface area contributed by atoms with E-state index in [1.807, 2.05) is 12.1 Å². The summed E-state index contributed by atoms with van der Waals surface area (Å²) in [7, 11) is 1.50. The average Bonchev–Trinajstić information content (AvgIpc) is 3.02. The van der Waals surface area contributed by atoms with Gasteiger partial charge in [-0.05, 0) is 35.9 Å². The van der Waals surface area contributed by atoms with Gasteiger partial charge >= 0.3 is 0 Å². The highest BCUT2D eigenvalue weighted by atomic mass is 32.1. The number of benzene rings is 1. The molecule has 0 radical (unpaired) electrons. The van der Waals surface area contributed by atoms with Crippen LogP contribution >= 0.6 is 11.3 Å². The number of methoxy groups -OCH3 is 1. The number of thiophene rings is 1. The van der Waals surface area contributed by atoms with E-state index in [0.29, 0.717) is 11.6 Å². The van der Waals surface area contributed by atoms with Crippen LogP contribution in [0.15, 0.2) is 48.0 Å². The number of rotatable bonds is 4. The van der Waals surface area contributed by atoms with Gasteiger partial charge in [-0.3, -0.25) is 5.43 Å². The minimum absolute atomic E-state index is 0.0615. The number of nitrogens with zero attached hydrogens (tertiary/aromatic N) is 4. The largest absolute Gasteiger partial charge is 0.504 e. The summed E-state index contributed by atoms with van der Waals surface area (Å²) in [5, 5.41) is 15.0. The quantitative estimate of drug-likeness (QED) is 0.432. The van der Waals surface area contributed by atoms with Gasteiger partial charge in [0.25, 0.3) is 0 Å². The molecule has 1 aromatic carbocycles. The molecule has 0 fully saturated rings. The first-order chi connectivity index (χ1) is 12.3. The van der Waals surface area contributed by atoms with Crippen molar-refractivity contribution in [3.8, 4) is 11.5 Å². The molecule has 0 unspecified atom stereocenters. The lowest BCUT2D eigenvalue weighted by Gasteiger charge is -2.03. The zero-order chi connectivity index (χ0) is 17.2. The van der Waals surface area contributed by atoms with Crippen molar-refractivity contribution in [3.63, 3.8) is 0 Å². The minimum atomic E-state index is 0.0615. The van der Waals surface area contributed by atoms with Crippen molar-refractivity contribution < 1.29 is 9.84 Å². The Hall–Kier alpha value is -3.26. The summed E-state index contributed by atoms with van der Waals surface area (Å²) in [6.07, 6.45) is 4.85. The van der Waals surface area contributed by atoms with Crippen molar-refractivity contribution >= 4 is 43.8 Å². The lowest BCUT2D eigenvalue weighted by Crippen LogP contribution is -1.94. The topological polar surface area (TPSA) is 92.5 Å². The molecule has 0 saturated heterocycles. The minimum Gasteiger partial charge on any atom is -0.504 e. The molecule has 0 aliphatic carbocycles. The fraction of sp³-hybridized carbons (Fsp3) is 0.0588. The molecular formula is C17H13N5O2S. The Labute approximate surface area is 146 Å². The third-order valence-electron chi connectivity index (χ3n) is 3.62. The molecule has 25 heavy (non-hydrogen) atoms. The second kappa shape index (κ2) is 6.33. The third-order valence-corrected chi connectivity index (χ3v) is 4.73. The molecule has 4 rings (SSSR count). The molecule has 8 heteroatoms. The summed E-state index contributed by atoms with van der Waals surface area (Å²) in [6, 6.07) is 8.92. The molecule has 7 nitrogen and oxygen atoms in total. The van der Waals surface area contributed by atoms with Crippen molar-refractivity contribution in [2.45, 2.75) is 0 Å². The Morgan fingerprint density at radius 2 is 2.16 bits per heavy atom. The van der Waals surface area contributed by atoms with Crippen LogP contribution in [0.1, 0.15) is 5.56 Å². The van der Waals surface area contributed by atoms with Crippen LogP contribution in [0.3, 0.4) is 0 Å². The first-order valence-electron chi connectivity index (χ1n) is 7.40. The number of hydrazone groups is 1. The predicted molar refractivity (Wildman–Crippen MR) is 98.6 cm³/mol. The van der Waals surface area contributed by atoms with Gasteiger partial charge in [0.2, 0.25) is 0 Å². The van der Waals surface area contributed by atoms with Crippen molar-refractivity contribution in [3.05, 3.63) is 48.4 Å². The van der Waals surface area contributed by atoms with Gasteiger partial charge in [-0.25, -0.2) is 15.0 Å². The van der Waals surface area contributed by atoms with E-state index in [-0.39, 0.29) is 5.75 Å². The average molecular weight is 351 g/mol. The number of aromatic hydroxyl groups is 1. The lowest BCUT2D eigenvalue weighted by atomic mass is 10.2. The standard InChI is InChI=1S/C17H13N5O2S/c1-24-13-5-4-10(7-12(13)23)8-21-22-16-15-14(19-9-20-16)11-3-2-6-18-17(11)25-15/h2-9,23H,1H3,(H,19,20,22). The Balaban J connectivity index is 1.63. The van der Waals surface area contributed by atoms with E-state index >= 15 is 0 Å². The Morgan fingerprint density at radius 1 is 1.24 bits per heavy atom. The lowest BCUT2D eigenvalue weighted by molar-refractivity contribution is 0.373. The van der Waals surface area contributed by atoms with E-state index in [2.05, 4.69) is 25.5 Å². The fourth-order valence-corrected chi connectivity index (χ4v) is 3.48. The first-order valence-corrected chi connectivity index (χ1v) is 8.22. The normalized spacial score (nSPS) is 11.4. The number of phenolic OH excluding ortho intramolecular Hbond substituents is 1. The zero-order valence-corrected chi connectivity index (χ0v) is 14.0. The molecule has 0 amide bonds. The second-order valence-corrected chi connectivity index (χ2v) is 6.16. The summed E-state index contributed by atoms with van der Waals surface area (Å²) < 4.78 is 5.91. The van der Waals surface area contributed by atoms with Crippen molar-refractivity contribution in [2.24, 2.45) is 5.10 Å². The van der Waals surface area contributed by atoms with Crippen LogP contribution in [0.5, 0.6) is 11.5 Å². The number of hydrogen-bond acceptors (Lipinski definition) is 8. The molecule has 0 aliphatic rings. The second-order valence-electron chi connectivity index (χ2n) is 5.16. The molecule has 3 aromatic heterocycles. The van der Waals surface area contributed by atoms with Gasteiger partial charge in [0, 0.05) is 11.6 Å². The van der Waals surface area contributed by atoms with E-state index < -0.39 is 0 Å². The van der Waals surface area contributed by atoms with E-state index in [1.54, 1.807) is 30.6 Å². The van der Waals surface area contributed by atoms with Gasteiger partial charge in [-0.1, -0.05) is 0 Å². The molecule has 0 atom stereocenters. The molecule has 0 spiro atoms. The smallest absolute Gasteiger partial charge is 0.167 e. The van der Waals surface area contributed by atoms with Crippen LogP contribution in [-0.4, -0.2) is 33.4 Å². The Bertz CT molecular complexity index is 1090. The van der Waals surface area contributed by atoms with Crippen molar-refractivity contribution in [1.29, 1.82) is 0 Å². The van der Waals surface area contributed by atoms with Gasteiger partial charge in [-0.2, -0.15) is 5.10 Å². The summed E-state index contributed by atoms with van der Waals surface area (Å²) in [5.74, 6) is 1.09. The molecule has 4 aromatic rings. The monoisotopic (exact) mass is 351 g/mol. The van der Waals surface area contributed by atoms with E-state index in [1.165, 1.54) is 24.8 Å². The number of nitrogens with one attached hydrogen (secondary N) is 1. The van der Waals surface area contributed by atoms with E-state index in [4.69, 9.17) is 4.74 Å². The van der Waals surface area contributed by atoms with Crippen LogP contribution < -0.4 is 10.2 Å². The van der Waals surface area contributed by atoms with E-state index in [9.17, 15) is 5.11 Å². The van der Waals surface area contributed by atoms with Crippen LogP contribution in [0.25, 0.3) is 20.4 Å². The molecule has 0 aliphatic heterocycles. The van der Waals surface area contributed by atoms with Gasteiger partial charge < -0.3 is 9.84 Å². The van der Waals surface area contributed by atoms with Crippen LogP contribution in [0.2, 0.25) is 0 Å². The zero-order valence-electron chi connectivity index (χ0n) is 13.2. The highest BCUT2D eigenvalue weighted by Crippen LogP contribution is 2.34. The number of ether oxygens (including phenoxy) is 1. The predicted octanol–water partition coefficient (Wildman–Crippen LogP) is 3.40. The maximum Gasteiger partial charge on any atom is 0.167 e. The summed E-state index contributed by atoms with van der Waals surface area (Å²) >= 11 is 1.51. The molecule has 2 N–H and O–H groups in total. The van der Waals surface area contributed by atoms with Crippen molar-refractivity contribution in [2.75, 3.05) is 12.5 Å². The van der Waals surface area contributed by atoms with Crippen molar-refractivity contribution in [1.82, 2.24) is 15.0 Å². The Kier molecular flexibility index (Phi) is 3.87. The van der Waals surface area contributed by atoms with Crippen LogP contribution in [0, 0.1) is 0 Å². The molecule has 3 heterocycles. The molecular weight excluding hydrogens is 338 g/mol. The number of hydrogen-bond donors (Lipinski definition) is 2. The fourth-order valence-electron chi connectivity index (χ4n) is 2.45. The van der Waals surface area contributed by atoms with Crippen LogP contribution in [-0.2, 0) is 0 Å². The SMILES string of the molecule is COc1ccc(C=NNc2ncnc3c2sc2ncccc23)cc1O. The van der Waals surface area contributed by atoms with E-state index in [0.717, 1.165) is 26.0 Å². The van der Waals surface area contributed by atoms with Gasteiger partial charge in [0.05, 0.1) is 23.5 Å². The number of fused-ring (bicyclic) bond motifs is 3.